The van der Waals surface area contributed by atoms with E-state index in [0.29, 0.717) is 0 Å². The predicted octanol–water partition coefficient (Wildman–Crippen LogP) is 7.74. The number of unbranched alkanes of at least 4 members (excludes halogenated alkanes) is 5. The summed E-state index contributed by atoms with van der Waals surface area (Å²) in [4.78, 5) is 4.61. The molecule has 154 valence electrons. The van der Waals surface area contributed by atoms with Crippen LogP contribution in [0.15, 0.2) is 47.8 Å². The van der Waals surface area contributed by atoms with Gasteiger partial charge in [0.05, 0.1) is 12.3 Å². The van der Waals surface area contributed by atoms with E-state index in [-0.39, 0.29) is 5.82 Å². The van der Waals surface area contributed by atoms with Gasteiger partial charge in [0.2, 0.25) is 0 Å². The molecule has 0 amide bonds. The lowest BCUT2D eigenvalue weighted by atomic mass is 10.1. The van der Waals surface area contributed by atoms with E-state index >= 15 is 0 Å². The summed E-state index contributed by atoms with van der Waals surface area (Å²) in [6.45, 7) is 5.06. The Morgan fingerprint density at radius 3 is 2.55 bits per heavy atom. The van der Waals surface area contributed by atoms with Gasteiger partial charge >= 0.3 is 0 Å². The molecule has 0 bridgehead atoms. The Labute approximate surface area is 177 Å². The lowest BCUT2D eigenvalue weighted by Gasteiger charge is -2.11. The molecular formula is C24H29FN2OS. The van der Waals surface area contributed by atoms with Crippen molar-refractivity contribution in [2.24, 2.45) is 0 Å². The second-order valence-electron chi connectivity index (χ2n) is 7.27. The number of nitrogens with zero attached hydrogens (tertiary/aromatic N) is 1. The molecule has 3 aromatic rings. The highest BCUT2D eigenvalue weighted by Gasteiger charge is 2.07. The summed E-state index contributed by atoms with van der Waals surface area (Å²) in [7, 11) is 0. The van der Waals surface area contributed by atoms with E-state index in [1.165, 1.54) is 55.6 Å². The molecule has 0 unspecified atom stereocenters. The molecule has 0 aliphatic rings. The molecular weight excluding hydrogens is 383 g/mol. The van der Waals surface area contributed by atoms with Crippen LogP contribution in [0.2, 0.25) is 0 Å². The largest absolute Gasteiger partial charge is 0.493 e. The highest BCUT2D eigenvalue weighted by atomic mass is 32.1. The molecule has 1 N–H and O–H groups in total. The monoisotopic (exact) mass is 412 g/mol. The molecule has 0 aliphatic heterocycles. The number of benzene rings is 2. The first-order chi connectivity index (χ1) is 14.2. The molecule has 29 heavy (non-hydrogen) atoms. The highest BCUT2D eigenvalue weighted by molar-refractivity contribution is 7.14. The highest BCUT2D eigenvalue weighted by Crippen LogP contribution is 2.29. The van der Waals surface area contributed by atoms with Crippen LogP contribution in [0.25, 0.3) is 11.3 Å². The van der Waals surface area contributed by atoms with Crippen LogP contribution in [0.4, 0.5) is 15.2 Å². The number of rotatable bonds is 11. The molecule has 1 heterocycles. The second-order valence-corrected chi connectivity index (χ2v) is 8.12. The van der Waals surface area contributed by atoms with Gasteiger partial charge < -0.3 is 10.1 Å². The molecule has 0 spiro atoms. The van der Waals surface area contributed by atoms with Crippen molar-refractivity contribution in [1.29, 1.82) is 0 Å². The zero-order valence-electron chi connectivity index (χ0n) is 17.2. The van der Waals surface area contributed by atoms with Gasteiger partial charge in [-0.2, -0.15) is 0 Å². The molecule has 0 fully saturated rings. The van der Waals surface area contributed by atoms with Crippen molar-refractivity contribution in [1.82, 2.24) is 4.98 Å². The minimum absolute atomic E-state index is 0.240. The summed E-state index contributed by atoms with van der Waals surface area (Å²) in [5.41, 5.74) is 3.83. The topological polar surface area (TPSA) is 34.1 Å². The fourth-order valence-electron chi connectivity index (χ4n) is 3.11. The number of hydrogen-bond acceptors (Lipinski definition) is 4. The number of nitrogens with one attached hydrogen (secondary N) is 1. The van der Waals surface area contributed by atoms with Crippen molar-refractivity contribution in [2.75, 3.05) is 11.9 Å². The summed E-state index contributed by atoms with van der Waals surface area (Å²) in [5, 5.41) is 6.12. The summed E-state index contributed by atoms with van der Waals surface area (Å²) < 4.78 is 19.1. The SMILES string of the molecule is CCCCCCCCOc1cc(Nc2nc(-c3ccc(F)cc3)cs2)ccc1C. The molecule has 0 radical (unpaired) electrons. The maximum absolute atomic E-state index is 13.1. The minimum atomic E-state index is -0.240. The summed E-state index contributed by atoms with van der Waals surface area (Å²) in [6.07, 6.45) is 7.53. The quantitative estimate of drug-likeness (QED) is 0.327. The Bertz CT molecular complexity index is 892. The fourth-order valence-corrected chi connectivity index (χ4v) is 3.85. The number of thiazole rings is 1. The Morgan fingerprint density at radius 1 is 1.00 bits per heavy atom. The molecule has 0 saturated heterocycles. The van der Waals surface area contributed by atoms with Crippen LogP contribution in [0, 0.1) is 12.7 Å². The molecule has 0 saturated carbocycles. The van der Waals surface area contributed by atoms with Gasteiger partial charge in [0.15, 0.2) is 5.13 Å². The number of hydrogen-bond donors (Lipinski definition) is 1. The van der Waals surface area contributed by atoms with Crippen LogP contribution < -0.4 is 10.1 Å². The first-order valence-corrected chi connectivity index (χ1v) is 11.3. The summed E-state index contributed by atoms with van der Waals surface area (Å²) in [5.74, 6) is 0.675. The van der Waals surface area contributed by atoms with E-state index in [1.807, 2.05) is 17.5 Å². The maximum Gasteiger partial charge on any atom is 0.187 e. The van der Waals surface area contributed by atoms with Crippen LogP contribution in [0.1, 0.15) is 51.0 Å². The maximum atomic E-state index is 13.1. The van der Waals surface area contributed by atoms with Crippen LogP contribution in [0.5, 0.6) is 5.75 Å². The van der Waals surface area contributed by atoms with E-state index in [0.717, 1.165) is 46.4 Å². The van der Waals surface area contributed by atoms with E-state index < -0.39 is 0 Å². The van der Waals surface area contributed by atoms with E-state index in [4.69, 9.17) is 4.74 Å². The summed E-state index contributed by atoms with van der Waals surface area (Å²) in [6, 6.07) is 12.5. The van der Waals surface area contributed by atoms with Crippen molar-refractivity contribution in [3.8, 4) is 17.0 Å². The molecule has 0 atom stereocenters. The van der Waals surface area contributed by atoms with Gasteiger partial charge in [-0.3, -0.25) is 0 Å². The number of anilines is 2. The Balaban J connectivity index is 1.55. The van der Waals surface area contributed by atoms with Crippen molar-refractivity contribution >= 4 is 22.2 Å². The predicted molar refractivity (Wildman–Crippen MR) is 121 cm³/mol. The molecule has 0 aliphatic carbocycles. The first-order valence-electron chi connectivity index (χ1n) is 10.4. The molecule has 1 aromatic heterocycles. The Hall–Kier alpha value is -2.40. The zero-order valence-corrected chi connectivity index (χ0v) is 18.0. The van der Waals surface area contributed by atoms with Gasteiger partial charge in [-0.15, -0.1) is 11.3 Å². The average molecular weight is 413 g/mol. The number of halogens is 1. The van der Waals surface area contributed by atoms with Crippen molar-refractivity contribution in [3.63, 3.8) is 0 Å². The number of aryl methyl sites for hydroxylation is 1. The van der Waals surface area contributed by atoms with E-state index in [2.05, 4.69) is 30.2 Å². The molecule has 2 aromatic carbocycles. The van der Waals surface area contributed by atoms with Crippen molar-refractivity contribution < 1.29 is 9.13 Å². The van der Waals surface area contributed by atoms with E-state index in [9.17, 15) is 4.39 Å². The Morgan fingerprint density at radius 2 is 1.76 bits per heavy atom. The van der Waals surface area contributed by atoms with Crippen LogP contribution in [-0.4, -0.2) is 11.6 Å². The number of aromatic nitrogens is 1. The molecule has 5 heteroatoms. The van der Waals surface area contributed by atoms with Gasteiger partial charge in [0.1, 0.15) is 11.6 Å². The van der Waals surface area contributed by atoms with Crippen LogP contribution >= 0.6 is 11.3 Å². The van der Waals surface area contributed by atoms with Gasteiger partial charge in [-0.1, -0.05) is 45.1 Å². The van der Waals surface area contributed by atoms with Gasteiger partial charge in [-0.05, 0) is 49.2 Å². The first kappa shape index (κ1) is 21.3. The second kappa shape index (κ2) is 11.0. The Kier molecular flexibility index (Phi) is 8.05. The minimum Gasteiger partial charge on any atom is -0.493 e. The zero-order chi connectivity index (χ0) is 20.5. The average Bonchev–Trinajstić information content (AvgIpc) is 3.18. The van der Waals surface area contributed by atoms with Gasteiger partial charge in [0, 0.05) is 22.7 Å². The molecule has 3 rings (SSSR count). The normalized spacial score (nSPS) is 10.9. The lowest BCUT2D eigenvalue weighted by molar-refractivity contribution is 0.302. The van der Waals surface area contributed by atoms with Gasteiger partial charge in [0.25, 0.3) is 0 Å². The lowest BCUT2D eigenvalue weighted by Crippen LogP contribution is -2.00. The summed E-state index contributed by atoms with van der Waals surface area (Å²) >= 11 is 1.53. The standard InChI is InChI=1S/C24H29FN2OS/c1-3-4-5-6-7-8-15-28-23-16-21(14-9-18(23)2)26-24-27-22(17-29-24)19-10-12-20(25)13-11-19/h9-14,16-17H,3-8,15H2,1-2H3,(H,26,27). The third-order valence-corrected chi connectivity index (χ3v) is 5.60. The van der Waals surface area contributed by atoms with Crippen molar-refractivity contribution in [3.05, 3.63) is 59.2 Å². The van der Waals surface area contributed by atoms with E-state index in [1.54, 1.807) is 12.1 Å². The third kappa shape index (κ3) is 6.57. The fraction of sp³-hybridized carbons (Fsp3) is 0.375. The third-order valence-electron chi connectivity index (χ3n) is 4.84. The molecule has 3 nitrogen and oxygen atoms in total. The van der Waals surface area contributed by atoms with Crippen LogP contribution in [0.3, 0.4) is 0 Å². The smallest absolute Gasteiger partial charge is 0.187 e. The van der Waals surface area contributed by atoms with Crippen molar-refractivity contribution in [2.45, 2.75) is 52.4 Å². The van der Waals surface area contributed by atoms with Crippen LogP contribution in [-0.2, 0) is 0 Å². The number of ether oxygens (including phenoxy) is 1. The van der Waals surface area contributed by atoms with Gasteiger partial charge in [-0.25, -0.2) is 9.37 Å².